The fourth-order valence-corrected chi connectivity index (χ4v) is 4.07. The van der Waals surface area contributed by atoms with Gasteiger partial charge in [-0.3, -0.25) is 4.90 Å². The third-order valence-electron chi connectivity index (χ3n) is 5.73. The van der Waals surface area contributed by atoms with Crippen LogP contribution in [0, 0.1) is 11.3 Å². The minimum atomic E-state index is 0.315. The number of rotatable bonds is 4. The number of nitrogens with one attached hydrogen (secondary N) is 1. The first kappa shape index (κ1) is 13.8. The van der Waals surface area contributed by atoms with Gasteiger partial charge in [-0.1, -0.05) is 13.8 Å². The Hall–Kier alpha value is -0.120. The summed E-state index contributed by atoms with van der Waals surface area (Å²) in [5.74, 6) is 0.959. The Morgan fingerprint density at radius 3 is 2.63 bits per heavy atom. The van der Waals surface area contributed by atoms with E-state index in [2.05, 4.69) is 37.9 Å². The van der Waals surface area contributed by atoms with Crippen molar-refractivity contribution in [2.75, 3.05) is 19.7 Å². The molecule has 0 amide bonds. The first-order chi connectivity index (χ1) is 9.04. The molecule has 3 aliphatic rings. The summed E-state index contributed by atoms with van der Waals surface area (Å²) in [6.07, 6.45) is 4.57. The standard InChI is InChI=1S/C16H30N2O/c1-5-19-15-8-14(16(15,3)4)18-10-13(12-6-7-12)17-9-11(18)2/h11-15,17H,5-10H2,1-4H3. The van der Waals surface area contributed by atoms with Crippen LogP contribution >= 0.6 is 0 Å². The zero-order chi connectivity index (χ0) is 13.6. The Bertz CT molecular complexity index is 327. The summed E-state index contributed by atoms with van der Waals surface area (Å²) in [5.41, 5.74) is 0.315. The monoisotopic (exact) mass is 266 g/mol. The van der Waals surface area contributed by atoms with Crippen LogP contribution in [0.2, 0.25) is 0 Å². The molecule has 2 saturated carbocycles. The van der Waals surface area contributed by atoms with Crippen molar-refractivity contribution in [2.45, 2.75) is 71.2 Å². The van der Waals surface area contributed by atoms with E-state index in [1.807, 2.05) is 0 Å². The van der Waals surface area contributed by atoms with Gasteiger partial charge in [0.25, 0.3) is 0 Å². The summed E-state index contributed by atoms with van der Waals surface area (Å²) in [6.45, 7) is 12.5. The molecule has 0 aromatic heterocycles. The molecule has 0 aromatic rings. The number of hydrogen-bond acceptors (Lipinski definition) is 3. The van der Waals surface area contributed by atoms with E-state index in [0.29, 0.717) is 23.6 Å². The van der Waals surface area contributed by atoms with Gasteiger partial charge in [0, 0.05) is 43.2 Å². The van der Waals surface area contributed by atoms with E-state index in [9.17, 15) is 0 Å². The highest BCUT2D eigenvalue weighted by Gasteiger charge is 2.53. The lowest BCUT2D eigenvalue weighted by atomic mass is 9.63. The van der Waals surface area contributed by atoms with E-state index >= 15 is 0 Å². The quantitative estimate of drug-likeness (QED) is 0.845. The molecule has 3 fully saturated rings. The number of ether oxygens (including phenoxy) is 1. The maximum absolute atomic E-state index is 5.89. The molecule has 19 heavy (non-hydrogen) atoms. The van der Waals surface area contributed by atoms with Crippen molar-refractivity contribution in [3.63, 3.8) is 0 Å². The number of piperazine rings is 1. The summed E-state index contributed by atoms with van der Waals surface area (Å²) in [7, 11) is 0. The van der Waals surface area contributed by atoms with Gasteiger partial charge in [0.1, 0.15) is 0 Å². The van der Waals surface area contributed by atoms with Crippen LogP contribution in [0.5, 0.6) is 0 Å². The van der Waals surface area contributed by atoms with Crippen LogP contribution in [0.25, 0.3) is 0 Å². The molecular weight excluding hydrogens is 236 g/mol. The number of nitrogens with zero attached hydrogens (tertiary/aromatic N) is 1. The molecule has 0 radical (unpaired) electrons. The van der Waals surface area contributed by atoms with Crippen molar-refractivity contribution in [2.24, 2.45) is 11.3 Å². The zero-order valence-electron chi connectivity index (χ0n) is 13.0. The molecule has 1 aliphatic heterocycles. The Morgan fingerprint density at radius 1 is 1.32 bits per heavy atom. The van der Waals surface area contributed by atoms with Crippen molar-refractivity contribution in [3.05, 3.63) is 0 Å². The molecule has 4 unspecified atom stereocenters. The second kappa shape index (κ2) is 5.01. The third-order valence-corrected chi connectivity index (χ3v) is 5.73. The highest BCUT2D eigenvalue weighted by molar-refractivity contribution is 5.07. The Labute approximate surface area is 118 Å². The highest BCUT2D eigenvalue weighted by Crippen LogP contribution is 2.47. The lowest BCUT2D eigenvalue weighted by Crippen LogP contribution is -2.68. The fourth-order valence-electron chi connectivity index (χ4n) is 4.07. The highest BCUT2D eigenvalue weighted by atomic mass is 16.5. The van der Waals surface area contributed by atoms with Crippen molar-refractivity contribution in [3.8, 4) is 0 Å². The van der Waals surface area contributed by atoms with E-state index in [1.54, 1.807) is 0 Å². The van der Waals surface area contributed by atoms with Gasteiger partial charge in [0.15, 0.2) is 0 Å². The van der Waals surface area contributed by atoms with Crippen LogP contribution in [-0.2, 0) is 4.74 Å². The van der Waals surface area contributed by atoms with Crippen LogP contribution in [0.1, 0.15) is 47.0 Å². The van der Waals surface area contributed by atoms with E-state index in [-0.39, 0.29) is 0 Å². The molecule has 0 bridgehead atoms. The molecule has 0 aromatic carbocycles. The fraction of sp³-hybridized carbons (Fsp3) is 1.00. The van der Waals surface area contributed by atoms with E-state index in [4.69, 9.17) is 4.74 Å². The lowest BCUT2D eigenvalue weighted by molar-refractivity contribution is -0.162. The maximum atomic E-state index is 5.89. The third kappa shape index (κ3) is 2.45. The zero-order valence-corrected chi connectivity index (χ0v) is 13.0. The predicted molar refractivity (Wildman–Crippen MR) is 78.3 cm³/mol. The van der Waals surface area contributed by atoms with Crippen LogP contribution in [0.15, 0.2) is 0 Å². The maximum Gasteiger partial charge on any atom is 0.0655 e. The first-order valence-electron chi connectivity index (χ1n) is 8.14. The van der Waals surface area contributed by atoms with Crippen LogP contribution < -0.4 is 5.32 Å². The Morgan fingerprint density at radius 2 is 2.05 bits per heavy atom. The Balaban J connectivity index is 1.64. The van der Waals surface area contributed by atoms with Crippen LogP contribution in [0.3, 0.4) is 0 Å². The minimum absolute atomic E-state index is 0.315. The molecule has 3 rings (SSSR count). The van der Waals surface area contributed by atoms with Gasteiger partial charge in [-0.15, -0.1) is 0 Å². The van der Waals surface area contributed by atoms with Gasteiger partial charge in [-0.05, 0) is 39.0 Å². The van der Waals surface area contributed by atoms with Gasteiger partial charge < -0.3 is 10.1 Å². The topological polar surface area (TPSA) is 24.5 Å². The van der Waals surface area contributed by atoms with Gasteiger partial charge >= 0.3 is 0 Å². The summed E-state index contributed by atoms with van der Waals surface area (Å²) in [6, 6.07) is 2.13. The molecule has 4 atom stereocenters. The van der Waals surface area contributed by atoms with E-state index < -0.39 is 0 Å². The lowest BCUT2D eigenvalue weighted by Gasteiger charge is -2.59. The number of hydrogen-bond donors (Lipinski definition) is 1. The van der Waals surface area contributed by atoms with Crippen LogP contribution in [-0.4, -0.2) is 48.8 Å². The molecule has 1 saturated heterocycles. The van der Waals surface area contributed by atoms with E-state index in [0.717, 1.165) is 25.1 Å². The minimum Gasteiger partial charge on any atom is -0.378 e. The molecule has 3 heteroatoms. The van der Waals surface area contributed by atoms with Crippen molar-refractivity contribution < 1.29 is 4.74 Å². The smallest absolute Gasteiger partial charge is 0.0655 e. The average Bonchev–Trinajstić information content (AvgIpc) is 3.20. The summed E-state index contributed by atoms with van der Waals surface area (Å²) >= 11 is 0. The van der Waals surface area contributed by atoms with Crippen LogP contribution in [0.4, 0.5) is 0 Å². The predicted octanol–water partition coefficient (Wildman–Crippen LogP) is 2.26. The largest absolute Gasteiger partial charge is 0.378 e. The normalized spacial score (nSPS) is 42.9. The summed E-state index contributed by atoms with van der Waals surface area (Å²) < 4.78 is 5.89. The molecule has 3 nitrogen and oxygen atoms in total. The SMILES string of the molecule is CCOC1CC(N2CC(C3CC3)NCC2C)C1(C)C. The van der Waals surface area contributed by atoms with E-state index in [1.165, 1.54) is 25.8 Å². The molecule has 1 N–H and O–H groups in total. The first-order valence-corrected chi connectivity index (χ1v) is 8.14. The second-order valence-corrected chi connectivity index (χ2v) is 7.41. The van der Waals surface area contributed by atoms with Gasteiger partial charge in [0.05, 0.1) is 6.10 Å². The Kier molecular flexibility index (Phi) is 3.65. The second-order valence-electron chi connectivity index (χ2n) is 7.41. The molecular formula is C16H30N2O. The summed E-state index contributed by atoms with van der Waals surface area (Å²) in [4.78, 5) is 2.77. The van der Waals surface area contributed by atoms with Crippen molar-refractivity contribution >= 4 is 0 Å². The molecule has 1 heterocycles. The summed E-state index contributed by atoms with van der Waals surface area (Å²) in [5, 5.41) is 3.75. The van der Waals surface area contributed by atoms with Gasteiger partial charge in [-0.25, -0.2) is 0 Å². The van der Waals surface area contributed by atoms with Crippen molar-refractivity contribution in [1.29, 1.82) is 0 Å². The molecule has 0 spiro atoms. The average molecular weight is 266 g/mol. The van der Waals surface area contributed by atoms with Gasteiger partial charge in [-0.2, -0.15) is 0 Å². The molecule has 110 valence electrons. The molecule has 2 aliphatic carbocycles. The van der Waals surface area contributed by atoms with Gasteiger partial charge in [0.2, 0.25) is 0 Å². The van der Waals surface area contributed by atoms with Crippen molar-refractivity contribution in [1.82, 2.24) is 10.2 Å².